The lowest BCUT2D eigenvalue weighted by molar-refractivity contribution is 0.0995. The Morgan fingerprint density at radius 2 is 1.80 bits per heavy atom. The summed E-state index contributed by atoms with van der Waals surface area (Å²) in [7, 11) is 4.27. The molecule has 1 unspecified atom stereocenters. The van der Waals surface area contributed by atoms with Gasteiger partial charge in [0.1, 0.15) is 5.76 Å². The predicted octanol–water partition coefficient (Wildman–Crippen LogP) is 4.57. The zero-order valence-electron chi connectivity index (χ0n) is 17.9. The zero-order chi connectivity index (χ0) is 21.1. The van der Waals surface area contributed by atoms with Gasteiger partial charge in [-0.05, 0) is 69.4 Å². The first kappa shape index (κ1) is 20.2. The van der Waals surface area contributed by atoms with E-state index in [-0.39, 0.29) is 5.91 Å². The standard InChI is InChI=1S/C25H29N3O2/c1-18-4-6-19(7-5-18)16-23-12-13-24(30-23)25(29)26-20-8-10-21(11-9-20)28-15-14-22(17-28)27(2)3/h4-13,22H,14-17H2,1-3H3,(H,26,29). The Hall–Kier alpha value is -3.05. The molecule has 1 amide bonds. The highest BCUT2D eigenvalue weighted by atomic mass is 16.3. The molecule has 5 heteroatoms. The average molecular weight is 404 g/mol. The molecule has 1 aromatic heterocycles. The molecule has 156 valence electrons. The summed E-state index contributed by atoms with van der Waals surface area (Å²) in [6, 6.07) is 20.6. The van der Waals surface area contributed by atoms with E-state index < -0.39 is 0 Å². The summed E-state index contributed by atoms with van der Waals surface area (Å²) in [5.74, 6) is 0.880. The lowest BCUT2D eigenvalue weighted by Crippen LogP contribution is -2.31. The van der Waals surface area contributed by atoms with Crippen molar-refractivity contribution < 1.29 is 9.21 Å². The number of hydrogen-bond acceptors (Lipinski definition) is 4. The Labute approximate surface area is 178 Å². The van der Waals surface area contributed by atoms with E-state index in [1.165, 1.54) is 17.7 Å². The molecule has 3 aromatic rings. The summed E-state index contributed by atoms with van der Waals surface area (Å²) in [5, 5.41) is 2.93. The van der Waals surface area contributed by atoms with Crippen LogP contribution in [0.1, 0.15) is 33.9 Å². The molecule has 1 atom stereocenters. The van der Waals surface area contributed by atoms with E-state index in [4.69, 9.17) is 4.42 Å². The molecule has 4 rings (SSSR count). The van der Waals surface area contributed by atoms with Crippen molar-refractivity contribution in [2.24, 2.45) is 0 Å². The Morgan fingerprint density at radius 1 is 1.07 bits per heavy atom. The van der Waals surface area contributed by atoms with Gasteiger partial charge in [0, 0.05) is 36.9 Å². The molecular weight excluding hydrogens is 374 g/mol. The van der Waals surface area contributed by atoms with Crippen LogP contribution in [0.15, 0.2) is 65.1 Å². The van der Waals surface area contributed by atoms with Crippen LogP contribution in [0, 0.1) is 6.92 Å². The largest absolute Gasteiger partial charge is 0.456 e. The fourth-order valence-corrected chi connectivity index (χ4v) is 3.85. The van der Waals surface area contributed by atoms with E-state index in [9.17, 15) is 4.79 Å². The number of carbonyl (C=O) groups is 1. The SMILES string of the molecule is Cc1ccc(Cc2ccc(C(=O)Nc3ccc(N4CCC(N(C)C)C4)cc3)o2)cc1. The summed E-state index contributed by atoms with van der Waals surface area (Å²) in [6.45, 7) is 4.16. The number of rotatable bonds is 6. The van der Waals surface area contributed by atoms with Gasteiger partial charge >= 0.3 is 0 Å². The molecule has 0 aliphatic carbocycles. The second kappa shape index (κ2) is 8.76. The van der Waals surface area contributed by atoms with Crippen LogP contribution in [0.3, 0.4) is 0 Å². The molecular formula is C25H29N3O2. The van der Waals surface area contributed by atoms with Crippen molar-refractivity contribution in [1.29, 1.82) is 0 Å². The molecule has 2 heterocycles. The van der Waals surface area contributed by atoms with Crippen LogP contribution in [0.5, 0.6) is 0 Å². The number of anilines is 2. The quantitative estimate of drug-likeness (QED) is 0.655. The molecule has 30 heavy (non-hydrogen) atoms. The minimum atomic E-state index is -0.230. The molecule has 0 bridgehead atoms. The molecule has 5 nitrogen and oxygen atoms in total. The third-order valence-corrected chi connectivity index (χ3v) is 5.77. The van der Waals surface area contributed by atoms with E-state index in [1.54, 1.807) is 6.07 Å². The molecule has 1 saturated heterocycles. The molecule has 1 fully saturated rings. The summed E-state index contributed by atoms with van der Waals surface area (Å²) < 4.78 is 5.77. The summed E-state index contributed by atoms with van der Waals surface area (Å²) in [4.78, 5) is 17.2. The highest BCUT2D eigenvalue weighted by molar-refractivity contribution is 6.02. The van der Waals surface area contributed by atoms with Gasteiger partial charge in [-0.3, -0.25) is 4.79 Å². The minimum Gasteiger partial charge on any atom is -0.456 e. The maximum Gasteiger partial charge on any atom is 0.291 e. The van der Waals surface area contributed by atoms with Gasteiger partial charge in [-0.25, -0.2) is 0 Å². The number of nitrogens with one attached hydrogen (secondary N) is 1. The Bertz CT molecular complexity index is 990. The number of likely N-dealkylation sites (N-methyl/N-ethyl adjacent to an activating group) is 1. The van der Waals surface area contributed by atoms with E-state index in [2.05, 4.69) is 72.5 Å². The van der Waals surface area contributed by atoms with Crippen molar-refractivity contribution in [3.63, 3.8) is 0 Å². The Balaban J connectivity index is 1.35. The summed E-state index contributed by atoms with van der Waals surface area (Å²) in [6.07, 6.45) is 1.85. The Morgan fingerprint density at radius 3 is 2.47 bits per heavy atom. The summed E-state index contributed by atoms with van der Waals surface area (Å²) >= 11 is 0. The van der Waals surface area contributed by atoms with Gasteiger partial charge in [0.15, 0.2) is 5.76 Å². The lowest BCUT2D eigenvalue weighted by atomic mass is 10.1. The first-order valence-corrected chi connectivity index (χ1v) is 10.4. The van der Waals surface area contributed by atoms with Gasteiger partial charge < -0.3 is 19.5 Å². The van der Waals surface area contributed by atoms with E-state index in [0.717, 1.165) is 30.1 Å². The Kier molecular flexibility index (Phi) is 5.91. The van der Waals surface area contributed by atoms with Gasteiger partial charge in [-0.15, -0.1) is 0 Å². The smallest absolute Gasteiger partial charge is 0.291 e. The number of amides is 1. The first-order chi connectivity index (χ1) is 14.5. The third-order valence-electron chi connectivity index (χ3n) is 5.77. The van der Waals surface area contributed by atoms with E-state index in [0.29, 0.717) is 18.2 Å². The molecule has 0 saturated carbocycles. The normalized spacial score (nSPS) is 16.3. The molecule has 1 aliphatic heterocycles. The maximum atomic E-state index is 12.6. The molecule has 2 aromatic carbocycles. The number of carbonyl (C=O) groups excluding carboxylic acids is 1. The lowest BCUT2D eigenvalue weighted by Gasteiger charge is -2.22. The molecule has 1 aliphatic rings. The zero-order valence-corrected chi connectivity index (χ0v) is 17.9. The van der Waals surface area contributed by atoms with Crippen LogP contribution in [0.2, 0.25) is 0 Å². The maximum absolute atomic E-state index is 12.6. The summed E-state index contributed by atoms with van der Waals surface area (Å²) in [5.41, 5.74) is 4.35. The van der Waals surface area contributed by atoms with E-state index in [1.807, 2.05) is 18.2 Å². The van der Waals surface area contributed by atoms with Gasteiger partial charge in [0.05, 0.1) is 0 Å². The molecule has 1 N–H and O–H groups in total. The van der Waals surface area contributed by atoms with Crippen molar-refractivity contribution in [3.8, 4) is 0 Å². The van der Waals surface area contributed by atoms with Crippen LogP contribution in [0.4, 0.5) is 11.4 Å². The number of furan rings is 1. The van der Waals surface area contributed by atoms with Crippen molar-refractivity contribution in [2.45, 2.75) is 25.8 Å². The number of benzene rings is 2. The first-order valence-electron chi connectivity index (χ1n) is 10.4. The third kappa shape index (κ3) is 4.74. The van der Waals surface area contributed by atoms with Crippen molar-refractivity contribution >= 4 is 17.3 Å². The molecule has 0 spiro atoms. The minimum absolute atomic E-state index is 0.230. The van der Waals surface area contributed by atoms with Gasteiger partial charge in [-0.2, -0.15) is 0 Å². The topological polar surface area (TPSA) is 48.7 Å². The second-order valence-electron chi connectivity index (χ2n) is 8.28. The van der Waals surface area contributed by atoms with Crippen LogP contribution >= 0.6 is 0 Å². The van der Waals surface area contributed by atoms with Gasteiger partial charge in [0.2, 0.25) is 0 Å². The average Bonchev–Trinajstić information content (AvgIpc) is 3.40. The van der Waals surface area contributed by atoms with Crippen molar-refractivity contribution in [3.05, 3.63) is 83.3 Å². The monoisotopic (exact) mass is 403 g/mol. The van der Waals surface area contributed by atoms with Crippen LogP contribution < -0.4 is 10.2 Å². The van der Waals surface area contributed by atoms with Crippen molar-refractivity contribution in [1.82, 2.24) is 4.90 Å². The van der Waals surface area contributed by atoms with Crippen LogP contribution in [0.25, 0.3) is 0 Å². The fraction of sp³-hybridized carbons (Fsp3) is 0.320. The number of nitrogens with zero attached hydrogens (tertiary/aromatic N) is 2. The van der Waals surface area contributed by atoms with Gasteiger partial charge in [0.25, 0.3) is 5.91 Å². The van der Waals surface area contributed by atoms with Crippen molar-refractivity contribution in [2.75, 3.05) is 37.4 Å². The highest BCUT2D eigenvalue weighted by Crippen LogP contribution is 2.24. The van der Waals surface area contributed by atoms with Crippen LogP contribution in [-0.2, 0) is 6.42 Å². The predicted molar refractivity (Wildman–Crippen MR) is 121 cm³/mol. The number of hydrogen-bond donors (Lipinski definition) is 1. The fourth-order valence-electron chi connectivity index (χ4n) is 3.85. The highest BCUT2D eigenvalue weighted by Gasteiger charge is 2.24. The molecule has 0 radical (unpaired) electrons. The second-order valence-corrected chi connectivity index (χ2v) is 8.28. The number of aryl methyl sites for hydroxylation is 1. The van der Waals surface area contributed by atoms with Gasteiger partial charge in [-0.1, -0.05) is 29.8 Å². The van der Waals surface area contributed by atoms with Crippen LogP contribution in [-0.4, -0.2) is 44.0 Å². The van der Waals surface area contributed by atoms with E-state index >= 15 is 0 Å².